The summed E-state index contributed by atoms with van der Waals surface area (Å²) in [5, 5.41) is 11.5. The van der Waals surface area contributed by atoms with E-state index < -0.39 is 11.6 Å². The topological polar surface area (TPSA) is 73.2 Å². The number of nitrogens with zero attached hydrogens (tertiary/aromatic N) is 2. The van der Waals surface area contributed by atoms with Crippen LogP contribution in [0.3, 0.4) is 0 Å². The number of hydrogen-bond donors (Lipinski definition) is 1. The van der Waals surface area contributed by atoms with E-state index in [4.69, 9.17) is 5.26 Å². The molecule has 0 aliphatic carbocycles. The molecule has 1 aliphatic heterocycles. The number of benzene rings is 1. The fraction of sp³-hybridized carbons (Fsp3) is 0.400. The molecule has 0 saturated carbocycles. The zero-order chi connectivity index (χ0) is 14.6. The maximum absolute atomic E-state index is 12.7. The number of imide groups is 1. The summed E-state index contributed by atoms with van der Waals surface area (Å²) in [5.74, 6) is -0.259. The molecule has 1 aromatic carbocycles. The number of nitrogens with one attached hydrogen (secondary N) is 1. The number of carbonyl (C=O) groups excluding carboxylic acids is 2. The minimum absolute atomic E-state index is 0.138. The van der Waals surface area contributed by atoms with Crippen LogP contribution in [0.5, 0.6) is 0 Å². The van der Waals surface area contributed by atoms with Crippen LogP contribution >= 0.6 is 0 Å². The monoisotopic (exact) mass is 271 g/mol. The number of urea groups is 1. The van der Waals surface area contributed by atoms with Gasteiger partial charge in [-0.25, -0.2) is 4.79 Å². The average molecular weight is 271 g/mol. The van der Waals surface area contributed by atoms with Crippen molar-refractivity contribution in [2.75, 3.05) is 6.54 Å². The smallest absolute Gasteiger partial charge is 0.319 e. The lowest BCUT2D eigenvalue weighted by Crippen LogP contribution is -2.44. The van der Waals surface area contributed by atoms with Crippen molar-refractivity contribution in [3.63, 3.8) is 0 Å². The van der Waals surface area contributed by atoms with Gasteiger partial charge in [0.2, 0.25) is 0 Å². The molecular formula is C15H17N3O2. The van der Waals surface area contributed by atoms with Crippen LogP contribution in [0.1, 0.15) is 31.7 Å². The highest BCUT2D eigenvalue weighted by Gasteiger charge is 2.51. The van der Waals surface area contributed by atoms with E-state index in [1.807, 2.05) is 43.3 Å². The molecule has 5 heteroatoms. The maximum Gasteiger partial charge on any atom is 0.325 e. The molecule has 0 spiro atoms. The van der Waals surface area contributed by atoms with Crippen LogP contribution in [-0.4, -0.2) is 23.4 Å². The molecule has 1 fully saturated rings. The summed E-state index contributed by atoms with van der Waals surface area (Å²) in [5.41, 5.74) is -0.192. The summed E-state index contributed by atoms with van der Waals surface area (Å²) in [6.45, 7) is 2.11. The first kappa shape index (κ1) is 14.1. The quantitative estimate of drug-likeness (QED) is 0.834. The molecule has 1 aromatic rings. The Hall–Kier alpha value is -2.35. The summed E-state index contributed by atoms with van der Waals surface area (Å²) in [7, 11) is 0. The Morgan fingerprint density at radius 2 is 2.00 bits per heavy atom. The predicted octanol–water partition coefficient (Wildman–Crippen LogP) is 2.15. The Balaban J connectivity index is 2.38. The molecule has 5 nitrogen and oxygen atoms in total. The lowest BCUT2D eigenvalue weighted by Gasteiger charge is -2.26. The second-order valence-corrected chi connectivity index (χ2v) is 4.82. The second kappa shape index (κ2) is 5.74. The van der Waals surface area contributed by atoms with Gasteiger partial charge in [0.05, 0.1) is 12.5 Å². The first-order valence-corrected chi connectivity index (χ1v) is 6.72. The van der Waals surface area contributed by atoms with Crippen molar-refractivity contribution >= 4 is 11.9 Å². The number of hydrogen-bond acceptors (Lipinski definition) is 3. The van der Waals surface area contributed by atoms with Gasteiger partial charge < -0.3 is 5.32 Å². The largest absolute Gasteiger partial charge is 0.325 e. The highest BCUT2D eigenvalue weighted by atomic mass is 16.2. The van der Waals surface area contributed by atoms with Crippen LogP contribution in [0.15, 0.2) is 30.3 Å². The number of rotatable bonds is 5. The number of amides is 3. The zero-order valence-corrected chi connectivity index (χ0v) is 11.4. The minimum Gasteiger partial charge on any atom is -0.319 e. The summed E-state index contributed by atoms with van der Waals surface area (Å²) in [6.07, 6.45) is 1.47. The Morgan fingerprint density at radius 3 is 2.60 bits per heavy atom. The van der Waals surface area contributed by atoms with E-state index in [9.17, 15) is 9.59 Å². The molecule has 20 heavy (non-hydrogen) atoms. The Kier molecular flexibility index (Phi) is 4.04. The van der Waals surface area contributed by atoms with Gasteiger partial charge in [-0.3, -0.25) is 9.69 Å². The molecule has 0 unspecified atom stereocenters. The summed E-state index contributed by atoms with van der Waals surface area (Å²) in [6, 6.07) is 10.8. The third-order valence-electron chi connectivity index (χ3n) is 3.51. The van der Waals surface area contributed by atoms with Crippen molar-refractivity contribution in [3.05, 3.63) is 35.9 Å². The van der Waals surface area contributed by atoms with E-state index in [2.05, 4.69) is 5.32 Å². The van der Waals surface area contributed by atoms with Gasteiger partial charge in [-0.05, 0) is 12.0 Å². The molecule has 3 amide bonds. The van der Waals surface area contributed by atoms with Crippen LogP contribution in [0.4, 0.5) is 4.79 Å². The molecule has 2 rings (SSSR count). The lowest BCUT2D eigenvalue weighted by atomic mass is 9.85. The Morgan fingerprint density at radius 1 is 1.30 bits per heavy atom. The molecule has 0 radical (unpaired) electrons. The third kappa shape index (κ3) is 2.25. The van der Waals surface area contributed by atoms with Gasteiger partial charge in [0.1, 0.15) is 5.54 Å². The first-order chi connectivity index (χ1) is 9.65. The van der Waals surface area contributed by atoms with Crippen LogP contribution in [0.25, 0.3) is 0 Å². The van der Waals surface area contributed by atoms with Gasteiger partial charge in [0.25, 0.3) is 5.91 Å². The number of carbonyl (C=O) groups is 2. The van der Waals surface area contributed by atoms with Crippen LogP contribution in [-0.2, 0) is 10.3 Å². The van der Waals surface area contributed by atoms with E-state index >= 15 is 0 Å². The van der Waals surface area contributed by atoms with E-state index in [0.29, 0.717) is 6.42 Å². The standard InChI is InChI=1S/C15H17N3O2/c1-2-9-15(12-7-4-3-5-8-12)13(19)18(11-6-10-16)14(20)17-15/h3-5,7-8H,2,6,9,11H2,1H3,(H,17,20)/t15-/m0/s1. The fourth-order valence-electron chi connectivity index (χ4n) is 2.60. The molecule has 0 bridgehead atoms. The van der Waals surface area contributed by atoms with Crippen LogP contribution < -0.4 is 5.32 Å². The van der Waals surface area contributed by atoms with Crippen molar-refractivity contribution in [2.45, 2.75) is 31.7 Å². The first-order valence-electron chi connectivity index (χ1n) is 6.72. The van der Waals surface area contributed by atoms with Gasteiger partial charge >= 0.3 is 6.03 Å². The second-order valence-electron chi connectivity index (χ2n) is 4.82. The van der Waals surface area contributed by atoms with E-state index in [1.165, 1.54) is 0 Å². The summed E-state index contributed by atoms with van der Waals surface area (Å²) in [4.78, 5) is 25.9. The van der Waals surface area contributed by atoms with Crippen LogP contribution in [0, 0.1) is 11.3 Å². The predicted molar refractivity (Wildman–Crippen MR) is 73.5 cm³/mol. The molecule has 1 N–H and O–H groups in total. The fourth-order valence-corrected chi connectivity index (χ4v) is 2.60. The third-order valence-corrected chi connectivity index (χ3v) is 3.51. The van der Waals surface area contributed by atoms with Crippen molar-refractivity contribution in [1.29, 1.82) is 5.26 Å². The molecular weight excluding hydrogens is 254 g/mol. The molecule has 1 saturated heterocycles. The highest BCUT2D eigenvalue weighted by Crippen LogP contribution is 2.33. The minimum atomic E-state index is -0.984. The van der Waals surface area contributed by atoms with Crippen molar-refractivity contribution in [3.8, 4) is 6.07 Å². The van der Waals surface area contributed by atoms with Gasteiger partial charge in [0, 0.05) is 6.54 Å². The molecule has 1 heterocycles. The van der Waals surface area contributed by atoms with E-state index in [-0.39, 0.29) is 18.9 Å². The van der Waals surface area contributed by atoms with Crippen molar-refractivity contribution < 1.29 is 9.59 Å². The Bertz CT molecular complexity index is 550. The highest BCUT2D eigenvalue weighted by molar-refractivity contribution is 6.07. The van der Waals surface area contributed by atoms with Gasteiger partial charge in [-0.1, -0.05) is 43.7 Å². The normalized spacial score (nSPS) is 21.7. The zero-order valence-electron chi connectivity index (χ0n) is 11.4. The van der Waals surface area contributed by atoms with Crippen molar-refractivity contribution in [1.82, 2.24) is 10.2 Å². The van der Waals surface area contributed by atoms with Gasteiger partial charge in [-0.15, -0.1) is 0 Å². The average Bonchev–Trinajstić information content (AvgIpc) is 2.70. The summed E-state index contributed by atoms with van der Waals surface area (Å²) < 4.78 is 0. The van der Waals surface area contributed by atoms with E-state index in [1.54, 1.807) is 0 Å². The maximum atomic E-state index is 12.7. The Labute approximate surface area is 118 Å². The molecule has 0 aromatic heterocycles. The molecule has 1 atom stereocenters. The lowest BCUT2D eigenvalue weighted by molar-refractivity contribution is -0.131. The van der Waals surface area contributed by atoms with Crippen molar-refractivity contribution in [2.24, 2.45) is 0 Å². The molecule has 1 aliphatic rings. The van der Waals surface area contributed by atoms with Gasteiger partial charge in [-0.2, -0.15) is 5.26 Å². The number of nitriles is 1. The van der Waals surface area contributed by atoms with Gasteiger partial charge in [0.15, 0.2) is 0 Å². The SMILES string of the molecule is CCC[C@@]1(c2ccccc2)NC(=O)N(CCC#N)C1=O. The molecule has 104 valence electrons. The van der Waals surface area contributed by atoms with E-state index in [0.717, 1.165) is 16.9 Å². The summed E-state index contributed by atoms with van der Waals surface area (Å²) >= 11 is 0. The van der Waals surface area contributed by atoms with Crippen LogP contribution in [0.2, 0.25) is 0 Å².